The third-order valence-electron chi connectivity index (χ3n) is 2.95. The average Bonchev–Trinajstić information content (AvgIpc) is 2.42. The highest BCUT2D eigenvalue weighted by Gasteiger charge is 2.15. The van der Waals surface area contributed by atoms with Gasteiger partial charge in [0.15, 0.2) is 0 Å². The molecule has 0 fully saturated rings. The first-order valence-corrected chi connectivity index (χ1v) is 6.49. The predicted octanol–water partition coefficient (Wildman–Crippen LogP) is 3.53. The van der Waals surface area contributed by atoms with Crippen molar-refractivity contribution in [2.75, 3.05) is 13.7 Å². The molecule has 3 heteroatoms. The molecule has 0 saturated heterocycles. The first-order valence-electron chi connectivity index (χ1n) is 6.49. The Morgan fingerprint density at radius 1 is 1.22 bits per heavy atom. The van der Waals surface area contributed by atoms with E-state index in [0.717, 1.165) is 24.3 Å². The van der Waals surface area contributed by atoms with Crippen LogP contribution in [-0.4, -0.2) is 19.7 Å². The summed E-state index contributed by atoms with van der Waals surface area (Å²) < 4.78 is 10.3. The van der Waals surface area contributed by atoms with Crippen LogP contribution in [0.3, 0.4) is 0 Å². The van der Waals surface area contributed by atoms with Crippen molar-refractivity contribution in [1.29, 1.82) is 0 Å². The van der Waals surface area contributed by atoms with Gasteiger partial charge in [-0.3, -0.25) is 4.79 Å². The lowest BCUT2D eigenvalue weighted by molar-refractivity contribution is -0.141. The van der Waals surface area contributed by atoms with Gasteiger partial charge in [-0.15, -0.1) is 0 Å². The number of esters is 1. The van der Waals surface area contributed by atoms with Crippen molar-refractivity contribution in [2.45, 2.75) is 39.0 Å². The van der Waals surface area contributed by atoms with Crippen LogP contribution in [0.15, 0.2) is 24.3 Å². The molecule has 3 nitrogen and oxygen atoms in total. The van der Waals surface area contributed by atoms with Crippen molar-refractivity contribution < 1.29 is 14.3 Å². The number of rotatable bonds is 7. The van der Waals surface area contributed by atoms with E-state index in [0.29, 0.717) is 0 Å². The van der Waals surface area contributed by atoms with Crippen molar-refractivity contribution in [1.82, 2.24) is 0 Å². The maximum absolute atomic E-state index is 11.4. The summed E-state index contributed by atoms with van der Waals surface area (Å²) in [6.07, 6.45) is 3.47. The lowest BCUT2D eigenvalue weighted by Gasteiger charge is -2.11. The van der Waals surface area contributed by atoms with Crippen LogP contribution in [-0.2, 0) is 9.53 Å². The highest BCUT2D eigenvalue weighted by atomic mass is 16.5. The maximum Gasteiger partial charge on any atom is 0.312 e. The molecular formula is C15H22O3. The molecule has 1 rings (SSSR count). The first kappa shape index (κ1) is 14.6. The van der Waals surface area contributed by atoms with Gasteiger partial charge in [-0.25, -0.2) is 0 Å². The van der Waals surface area contributed by atoms with Crippen molar-refractivity contribution in [3.05, 3.63) is 29.8 Å². The van der Waals surface area contributed by atoms with E-state index in [9.17, 15) is 4.79 Å². The van der Waals surface area contributed by atoms with Gasteiger partial charge in [0.2, 0.25) is 0 Å². The molecule has 0 aliphatic rings. The third kappa shape index (κ3) is 4.40. The van der Waals surface area contributed by atoms with Gasteiger partial charge >= 0.3 is 5.97 Å². The standard InChI is InChI=1S/C15H22O3/c1-4-5-6-11-18-14-9-7-13(8-10-14)12(2)15(16)17-3/h7-10,12H,4-6,11H2,1-3H3. The zero-order valence-corrected chi connectivity index (χ0v) is 11.4. The molecule has 0 N–H and O–H groups in total. The molecule has 0 aliphatic heterocycles. The minimum atomic E-state index is -0.232. The number of benzene rings is 1. The summed E-state index contributed by atoms with van der Waals surface area (Å²) in [5.41, 5.74) is 0.947. The zero-order valence-electron chi connectivity index (χ0n) is 11.4. The van der Waals surface area contributed by atoms with Gasteiger partial charge in [0.25, 0.3) is 0 Å². The van der Waals surface area contributed by atoms with Crippen molar-refractivity contribution in [3.63, 3.8) is 0 Å². The van der Waals surface area contributed by atoms with E-state index in [4.69, 9.17) is 9.47 Å². The summed E-state index contributed by atoms with van der Waals surface area (Å²) in [6, 6.07) is 7.63. The Labute approximate surface area is 109 Å². The number of carbonyl (C=O) groups is 1. The Morgan fingerprint density at radius 3 is 2.44 bits per heavy atom. The molecule has 0 aromatic heterocycles. The second-order valence-corrected chi connectivity index (χ2v) is 4.37. The smallest absolute Gasteiger partial charge is 0.312 e. The van der Waals surface area contributed by atoms with Crippen molar-refractivity contribution in [2.24, 2.45) is 0 Å². The Bertz CT molecular complexity index is 357. The van der Waals surface area contributed by atoms with E-state index >= 15 is 0 Å². The van der Waals surface area contributed by atoms with E-state index < -0.39 is 0 Å². The molecule has 100 valence electrons. The normalized spacial score (nSPS) is 11.9. The van der Waals surface area contributed by atoms with Gasteiger partial charge in [-0.05, 0) is 31.0 Å². The van der Waals surface area contributed by atoms with Crippen LogP contribution in [0.1, 0.15) is 44.6 Å². The Morgan fingerprint density at radius 2 is 1.89 bits per heavy atom. The molecular weight excluding hydrogens is 228 g/mol. The van der Waals surface area contributed by atoms with Gasteiger partial charge in [0, 0.05) is 0 Å². The number of unbranched alkanes of at least 4 members (excludes halogenated alkanes) is 2. The van der Waals surface area contributed by atoms with Gasteiger partial charge < -0.3 is 9.47 Å². The Kier molecular flexibility index (Phi) is 6.26. The third-order valence-corrected chi connectivity index (χ3v) is 2.95. The quantitative estimate of drug-likeness (QED) is 0.548. The summed E-state index contributed by atoms with van der Waals surface area (Å²) in [5.74, 6) is 0.405. The fraction of sp³-hybridized carbons (Fsp3) is 0.533. The van der Waals surface area contributed by atoms with Gasteiger partial charge in [0.05, 0.1) is 19.6 Å². The fourth-order valence-corrected chi connectivity index (χ4v) is 1.71. The topological polar surface area (TPSA) is 35.5 Å². The Hall–Kier alpha value is -1.51. The first-order chi connectivity index (χ1) is 8.69. The van der Waals surface area contributed by atoms with Crippen LogP contribution in [0, 0.1) is 0 Å². The molecule has 1 atom stereocenters. The molecule has 1 unspecified atom stereocenters. The zero-order chi connectivity index (χ0) is 13.4. The van der Waals surface area contributed by atoms with Crippen LogP contribution >= 0.6 is 0 Å². The molecule has 18 heavy (non-hydrogen) atoms. The van der Waals surface area contributed by atoms with Crippen LogP contribution in [0.4, 0.5) is 0 Å². The SMILES string of the molecule is CCCCCOc1ccc(C(C)C(=O)OC)cc1. The summed E-state index contributed by atoms with van der Waals surface area (Å²) in [6.45, 7) is 4.76. The number of hydrogen-bond acceptors (Lipinski definition) is 3. The van der Waals surface area contributed by atoms with E-state index in [2.05, 4.69) is 6.92 Å². The van der Waals surface area contributed by atoms with Crippen LogP contribution in [0.25, 0.3) is 0 Å². The van der Waals surface area contributed by atoms with E-state index in [1.807, 2.05) is 31.2 Å². The summed E-state index contributed by atoms with van der Waals surface area (Å²) in [4.78, 5) is 11.4. The number of ether oxygens (including phenoxy) is 2. The fourth-order valence-electron chi connectivity index (χ4n) is 1.71. The molecule has 1 aromatic carbocycles. The van der Waals surface area contributed by atoms with Crippen LogP contribution < -0.4 is 4.74 Å². The predicted molar refractivity (Wildman–Crippen MR) is 71.9 cm³/mol. The van der Waals surface area contributed by atoms with Gasteiger partial charge in [-0.2, -0.15) is 0 Å². The lowest BCUT2D eigenvalue weighted by Crippen LogP contribution is -2.10. The number of carbonyl (C=O) groups excluding carboxylic acids is 1. The number of hydrogen-bond donors (Lipinski definition) is 0. The van der Waals surface area contributed by atoms with Crippen LogP contribution in [0.5, 0.6) is 5.75 Å². The maximum atomic E-state index is 11.4. The minimum absolute atomic E-state index is 0.216. The molecule has 0 spiro atoms. The highest BCUT2D eigenvalue weighted by molar-refractivity contribution is 5.77. The molecule has 0 amide bonds. The minimum Gasteiger partial charge on any atom is -0.494 e. The van der Waals surface area contributed by atoms with E-state index in [-0.39, 0.29) is 11.9 Å². The summed E-state index contributed by atoms with van der Waals surface area (Å²) >= 11 is 0. The van der Waals surface area contributed by atoms with Crippen molar-refractivity contribution in [3.8, 4) is 5.75 Å². The lowest BCUT2D eigenvalue weighted by atomic mass is 10.0. The molecule has 0 radical (unpaired) electrons. The molecule has 0 bridgehead atoms. The molecule has 1 aromatic rings. The summed E-state index contributed by atoms with van der Waals surface area (Å²) in [7, 11) is 1.41. The van der Waals surface area contributed by atoms with Crippen molar-refractivity contribution >= 4 is 5.97 Å². The second-order valence-electron chi connectivity index (χ2n) is 4.37. The average molecular weight is 250 g/mol. The Balaban J connectivity index is 2.49. The second kappa shape index (κ2) is 7.75. The monoisotopic (exact) mass is 250 g/mol. The molecule has 0 saturated carbocycles. The number of methoxy groups -OCH3 is 1. The molecule has 0 aliphatic carbocycles. The highest BCUT2D eigenvalue weighted by Crippen LogP contribution is 2.20. The van der Waals surface area contributed by atoms with Gasteiger partial charge in [0.1, 0.15) is 5.75 Å². The van der Waals surface area contributed by atoms with Gasteiger partial charge in [-0.1, -0.05) is 31.9 Å². The van der Waals surface area contributed by atoms with Crippen LogP contribution in [0.2, 0.25) is 0 Å². The van der Waals surface area contributed by atoms with E-state index in [1.165, 1.54) is 20.0 Å². The molecule has 0 heterocycles. The summed E-state index contributed by atoms with van der Waals surface area (Å²) in [5, 5.41) is 0. The largest absolute Gasteiger partial charge is 0.494 e. The van der Waals surface area contributed by atoms with E-state index in [1.54, 1.807) is 0 Å².